The molecular formula is C26H24ClFO6S. The smallest absolute Gasteiger partial charge is 0.303 e. The molecule has 3 aromatic carbocycles. The van der Waals surface area contributed by atoms with Crippen LogP contribution in [-0.4, -0.2) is 25.6 Å². The number of ether oxygens (including phenoxy) is 2. The zero-order chi connectivity index (χ0) is 25.2. The molecule has 0 amide bonds. The van der Waals surface area contributed by atoms with E-state index in [-0.39, 0.29) is 41.4 Å². The van der Waals surface area contributed by atoms with Gasteiger partial charge in [-0.3, -0.25) is 4.79 Å². The van der Waals surface area contributed by atoms with Crippen LogP contribution in [0.1, 0.15) is 41.2 Å². The lowest BCUT2D eigenvalue weighted by Gasteiger charge is -2.32. The van der Waals surface area contributed by atoms with Crippen LogP contribution in [0.25, 0.3) is 0 Å². The summed E-state index contributed by atoms with van der Waals surface area (Å²) in [6.45, 7) is 1.67. The molecule has 184 valence electrons. The molecule has 0 radical (unpaired) electrons. The zero-order valence-corrected chi connectivity index (χ0v) is 20.5. The van der Waals surface area contributed by atoms with E-state index in [1.54, 1.807) is 42.5 Å². The lowest BCUT2D eigenvalue weighted by molar-refractivity contribution is -0.137. The van der Waals surface area contributed by atoms with Gasteiger partial charge in [0.25, 0.3) is 0 Å². The first-order valence-corrected chi connectivity index (χ1v) is 13.0. The van der Waals surface area contributed by atoms with Gasteiger partial charge in [-0.1, -0.05) is 29.8 Å². The van der Waals surface area contributed by atoms with Crippen molar-refractivity contribution < 1.29 is 32.2 Å². The maximum atomic E-state index is 14.1. The molecule has 1 aliphatic heterocycles. The number of carboxylic acid groups (broad SMARTS) is 1. The van der Waals surface area contributed by atoms with Crippen molar-refractivity contribution in [2.45, 2.75) is 49.0 Å². The molecule has 0 aliphatic carbocycles. The Hall–Kier alpha value is -3.10. The van der Waals surface area contributed by atoms with Crippen molar-refractivity contribution in [1.82, 2.24) is 0 Å². The molecule has 0 bridgehead atoms. The van der Waals surface area contributed by atoms with Gasteiger partial charge < -0.3 is 14.6 Å². The van der Waals surface area contributed by atoms with Gasteiger partial charge in [-0.25, -0.2) is 12.8 Å². The molecule has 1 aliphatic rings. The molecule has 35 heavy (non-hydrogen) atoms. The number of carboxylic acids is 1. The first-order valence-electron chi connectivity index (χ1n) is 11.0. The second-order valence-corrected chi connectivity index (χ2v) is 11.0. The van der Waals surface area contributed by atoms with E-state index < -0.39 is 33.0 Å². The Morgan fingerprint density at radius 1 is 1.17 bits per heavy atom. The molecule has 0 aromatic heterocycles. The van der Waals surface area contributed by atoms with E-state index in [2.05, 4.69) is 0 Å². The summed E-state index contributed by atoms with van der Waals surface area (Å²) in [6, 6.07) is 15.8. The third kappa shape index (κ3) is 5.60. The first-order chi connectivity index (χ1) is 16.6. The van der Waals surface area contributed by atoms with Gasteiger partial charge in [0, 0.05) is 24.0 Å². The monoisotopic (exact) mass is 518 g/mol. The van der Waals surface area contributed by atoms with E-state index in [9.17, 15) is 17.6 Å². The van der Waals surface area contributed by atoms with Crippen LogP contribution in [0, 0.1) is 12.7 Å². The van der Waals surface area contributed by atoms with Crippen molar-refractivity contribution in [3.8, 4) is 11.5 Å². The highest BCUT2D eigenvalue weighted by Crippen LogP contribution is 2.44. The standard InChI is InChI=1S/C26H24ClFO6S/c1-16-4-2-5-19(12-16)35(31,32)25-14-18(9-11-26(29)30)34-24-10-8-17(13-20(24)25)33-15-21-22(27)6-3-7-23(21)28/h2-8,10,12-13,18,25H,9,11,14-15H2,1H3,(H,29,30). The van der Waals surface area contributed by atoms with E-state index in [4.69, 9.17) is 26.2 Å². The number of carbonyl (C=O) groups is 1. The van der Waals surface area contributed by atoms with Gasteiger partial charge in [-0.15, -0.1) is 0 Å². The van der Waals surface area contributed by atoms with Crippen LogP contribution in [0.15, 0.2) is 65.6 Å². The molecule has 1 N–H and O–H groups in total. The fourth-order valence-corrected chi connectivity index (χ4v) is 6.26. The number of sulfone groups is 1. The Labute approximate surface area is 208 Å². The largest absolute Gasteiger partial charge is 0.490 e. The number of fused-ring (bicyclic) bond motifs is 1. The normalized spacial score (nSPS) is 17.3. The number of aliphatic carboxylic acids is 1. The van der Waals surface area contributed by atoms with Gasteiger partial charge in [0.05, 0.1) is 15.2 Å². The second kappa shape index (κ2) is 10.3. The van der Waals surface area contributed by atoms with Crippen LogP contribution in [0.4, 0.5) is 4.39 Å². The summed E-state index contributed by atoms with van der Waals surface area (Å²) in [6.07, 6.45) is -0.438. The SMILES string of the molecule is Cc1cccc(S(=O)(=O)C2CC(CCC(=O)O)Oc3ccc(OCc4c(F)cccc4Cl)cc32)c1. The third-order valence-corrected chi connectivity index (χ3v) is 8.38. The average molecular weight is 519 g/mol. The van der Waals surface area contributed by atoms with E-state index in [1.165, 1.54) is 12.1 Å². The van der Waals surface area contributed by atoms with Gasteiger partial charge in [0.2, 0.25) is 0 Å². The van der Waals surface area contributed by atoms with Gasteiger partial charge in [0.1, 0.15) is 30.0 Å². The quantitative estimate of drug-likeness (QED) is 0.399. The molecule has 0 saturated carbocycles. The Bertz CT molecular complexity index is 1340. The zero-order valence-electron chi connectivity index (χ0n) is 18.9. The van der Waals surface area contributed by atoms with Crippen molar-refractivity contribution in [2.24, 2.45) is 0 Å². The molecule has 2 unspecified atom stereocenters. The second-order valence-electron chi connectivity index (χ2n) is 8.45. The highest BCUT2D eigenvalue weighted by Gasteiger charge is 2.38. The topological polar surface area (TPSA) is 89.9 Å². The van der Waals surface area contributed by atoms with Gasteiger partial charge in [0.15, 0.2) is 9.84 Å². The number of aryl methyl sites for hydroxylation is 1. The molecule has 0 fully saturated rings. The molecular weight excluding hydrogens is 495 g/mol. The summed E-state index contributed by atoms with van der Waals surface area (Å²) in [4.78, 5) is 11.3. The number of benzene rings is 3. The predicted octanol–water partition coefficient (Wildman–Crippen LogP) is 5.90. The van der Waals surface area contributed by atoms with Crippen LogP contribution < -0.4 is 9.47 Å². The van der Waals surface area contributed by atoms with Crippen molar-refractivity contribution >= 4 is 27.4 Å². The predicted molar refractivity (Wildman–Crippen MR) is 129 cm³/mol. The van der Waals surface area contributed by atoms with Crippen LogP contribution in [0.5, 0.6) is 11.5 Å². The fraction of sp³-hybridized carbons (Fsp3) is 0.269. The summed E-state index contributed by atoms with van der Waals surface area (Å²) in [7, 11) is -3.83. The van der Waals surface area contributed by atoms with Crippen LogP contribution >= 0.6 is 11.6 Å². The summed E-state index contributed by atoms with van der Waals surface area (Å²) in [5.41, 5.74) is 1.41. The minimum atomic E-state index is -3.83. The van der Waals surface area contributed by atoms with E-state index in [0.717, 1.165) is 5.56 Å². The van der Waals surface area contributed by atoms with Crippen molar-refractivity contribution in [3.05, 3.63) is 88.2 Å². The fourth-order valence-electron chi connectivity index (χ4n) is 4.11. The van der Waals surface area contributed by atoms with Crippen LogP contribution in [0.2, 0.25) is 5.02 Å². The van der Waals surface area contributed by atoms with Crippen molar-refractivity contribution in [1.29, 1.82) is 0 Å². The maximum Gasteiger partial charge on any atom is 0.303 e. The lowest BCUT2D eigenvalue weighted by Crippen LogP contribution is -2.30. The highest BCUT2D eigenvalue weighted by atomic mass is 35.5. The average Bonchev–Trinajstić information content (AvgIpc) is 2.82. The first kappa shape index (κ1) is 25.0. The van der Waals surface area contributed by atoms with Gasteiger partial charge in [-0.2, -0.15) is 0 Å². The molecule has 9 heteroatoms. The molecule has 6 nitrogen and oxygen atoms in total. The highest BCUT2D eigenvalue weighted by molar-refractivity contribution is 7.91. The Morgan fingerprint density at radius 3 is 2.66 bits per heavy atom. The molecule has 4 rings (SSSR count). The van der Waals surface area contributed by atoms with Crippen LogP contribution in [-0.2, 0) is 21.2 Å². The summed E-state index contributed by atoms with van der Waals surface area (Å²) < 4.78 is 53.2. The molecule has 2 atom stereocenters. The maximum absolute atomic E-state index is 14.1. The van der Waals surface area contributed by atoms with Crippen molar-refractivity contribution in [2.75, 3.05) is 0 Å². The van der Waals surface area contributed by atoms with Crippen LogP contribution in [0.3, 0.4) is 0 Å². The number of rotatable bonds is 8. The van der Waals surface area contributed by atoms with Gasteiger partial charge in [-0.05, 0) is 61.4 Å². The number of hydrogen-bond acceptors (Lipinski definition) is 5. The Balaban J connectivity index is 1.68. The minimum Gasteiger partial charge on any atom is -0.490 e. The van der Waals surface area contributed by atoms with E-state index >= 15 is 0 Å². The number of hydrogen-bond donors (Lipinski definition) is 1. The summed E-state index contributed by atoms with van der Waals surface area (Å²) in [5, 5.41) is 8.34. The van der Waals surface area contributed by atoms with Gasteiger partial charge >= 0.3 is 5.97 Å². The molecule has 0 saturated heterocycles. The van der Waals surface area contributed by atoms with E-state index in [1.807, 2.05) is 13.0 Å². The Morgan fingerprint density at radius 2 is 1.94 bits per heavy atom. The molecule has 3 aromatic rings. The molecule has 0 spiro atoms. The summed E-state index contributed by atoms with van der Waals surface area (Å²) >= 11 is 6.08. The van der Waals surface area contributed by atoms with E-state index in [0.29, 0.717) is 17.1 Å². The molecule has 1 heterocycles. The summed E-state index contributed by atoms with van der Waals surface area (Å²) in [5.74, 6) is -0.794. The lowest BCUT2D eigenvalue weighted by atomic mass is 9.98. The number of halogens is 2. The third-order valence-electron chi connectivity index (χ3n) is 5.92. The van der Waals surface area contributed by atoms with Crippen molar-refractivity contribution in [3.63, 3.8) is 0 Å². The Kier molecular flexibility index (Phi) is 7.33. The minimum absolute atomic E-state index is 0.0964.